The summed E-state index contributed by atoms with van der Waals surface area (Å²) in [4.78, 5) is 0. The third kappa shape index (κ3) is 1.04. The van der Waals surface area contributed by atoms with Crippen LogP contribution in [-0.4, -0.2) is 35.0 Å². The van der Waals surface area contributed by atoms with E-state index in [1.54, 1.807) is 6.07 Å². The van der Waals surface area contributed by atoms with Gasteiger partial charge >= 0.3 is 0 Å². The fourth-order valence-electron chi connectivity index (χ4n) is 4.98. The molecule has 1 aromatic rings. The molecule has 104 valence electrons. The Labute approximate surface area is 117 Å². The molecule has 5 atom stereocenters. The van der Waals surface area contributed by atoms with E-state index >= 15 is 0 Å². The molecule has 2 aliphatic carbocycles. The molecular formula is C16H17NO3. The van der Waals surface area contributed by atoms with Crippen molar-refractivity contribution >= 4 is 0 Å². The minimum Gasteiger partial charge on any atom is -0.504 e. The highest BCUT2D eigenvalue weighted by atomic mass is 16.5. The van der Waals surface area contributed by atoms with E-state index < -0.39 is 6.10 Å². The van der Waals surface area contributed by atoms with Gasteiger partial charge in [0.15, 0.2) is 11.5 Å². The molecule has 20 heavy (non-hydrogen) atoms. The summed E-state index contributed by atoms with van der Waals surface area (Å²) < 4.78 is 6.04. The van der Waals surface area contributed by atoms with E-state index in [9.17, 15) is 10.2 Å². The number of phenols is 1. The normalized spacial score (nSPS) is 43.0. The van der Waals surface area contributed by atoms with Crippen molar-refractivity contribution in [1.29, 1.82) is 0 Å². The van der Waals surface area contributed by atoms with E-state index in [1.807, 2.05) is 12.1 Å². The molecule has 4 nitrogen and oxygen atoms in total. The lowest BCUT2D eigenvalue weighted by Gasteiger charge is -2.53. The minimum atomic E-state index is -0.595. The van der Waals surface area contributed by atoms with Gasteiger partial charge in [-0.1, -0.05) is 18.2 Å². The number of rotatable bonds is 0. The van der Waals surface area contributed by atoms with Crippen molar-refractivity contribution in [3.63, 3.8) is 0 Å². The summed E-state index contributed by atoms with van der Waals surface area (Å²) in [5.74, 6) is 1.16. The first-order valence-corrected chi connectivity index (χ1v) is 7.33. The van der Waals surface area contributed by atoms with Crippen LogP contribution in [0.5, 0.6) is 11.5 Å². The lowest BCUT2D eigenvalue weighted by atomic mass is 9.54. The minimum absolute atomic E-state index is 0.161. The van der Waals surface area contributed by atoms with E-state index in [1.165, 1.54) is 5.56 Å². The number of aliphatic hydroxyl groups is 1. The van der Waals surface area contributed by atoms with Gasteiger partial charge in [-0.05, 0) is 31.0 Å². The molecule has 3 N–H and O–H groups in total. The van der Waals surface area contributed by atoms with Gasteiger partial charge in [-0.3, -0.25) is 0 Å². The Morgan fingerprint density at radius 1 is 1.30 bits per heavy atom. The van der Waals surface area contributed by atoms with Crippen LogP contribution < -0.4 is 10.1 Å². The number of aliphatic hydroxyl groups excluding tert-OH is 1. The molecular weight excluding hydrogens is 254 g/mol. The summed E-state index contributed by atoms with van der Waals surface area (Å²) in [6.45, 7) is 0.941. The standard InChI is InChI=1S/C16H17NO3/c18-11-3-1-8-7-10-9-2-4-12(19)15-16(9,5-6-17-10)13(8)14(11)20-15/h1-4,9-10,12,15,17-19H,5-7H2/t9?,10-,12?,15?,16+/m1/s1. The molecule has 2 bridgehead atoms. The van der Waals surface area contributed by atoms with Crippen LogP contribution in [0.1, 0.15) is 17.5 Å². The van der Waals surface area contributed by atoms with Crippen LogP contribution in [0.4, 0.5) is 0 Å². The van der Waals surface area contributed by atoms with E-state index in [-0.39, 0.29) is 17.3 Å². The molecule has 0 radical (unpaired) electrons. The van der Waals surface area contributed by atoms with Gasteiger partial charge in [0.25, 0.3) is 0 Å². The Bertz CT molecular complexity index is 641. The summed E-state index contributed by atoms with van der Waals surface area (Å²) in [5, 5.41) is 24.1. The van der Waals surface area contributed by atoms with Gasteiger partial charge in [0.2, 0.25) is 0 Å². The number of ether oxygens (including phenoxy) is 1. The largest absolute Gasteiger partial charge is 0.504 e. The first-order chi connectivity index (χ1) is 9.72. The van der Waals surface area contributed by atoms with Crippen LogP contribution >= 0.6 is 0 Å². The second-order valence-electron chi connectivity index (χ2n) is 6.44. The molecule has 0 aromatic heterocycles. The second-order valence-corrected chi connectivity index (χ2v) is 6.44. The highest BCUT2D eigenvalue weighted by Crippen LogP contribution is 2.61. The molecule has 1 fully saturated rings. The molecule has 4 aliphatic rings. The molecule has 2 aliphatic heterocycles. The van der Waals surface area contributed by atoms with Crippen LogP contribution in [0, 0.1) is 5.92 Å². The molecule has 0 amide bonds. The zero-order valence-corrected chi connectivity index (χ0v) is 11.0. The summed E-state index contributed by atoms with van der Waals surface area (Å²) >= 11 is 0. The average molecular weight is 271 g/mol. The number of hydrogen-bond acceptors (Lipinski definition) is 4. The monoisotopic (exact) mass is 271 g/mol. The van der Waals surface area contributed by atoms with Crippen molar-refractivity contribution in [2.45, 2.75) is 36.5 Å². The van der Waals surface area contributed by atoms with Crippen molar-refractivity contribution in [1.82, 2.24) is 5.32 Å². The molecule has 1 spiro atoms. The summed E-state index contributed by atoms with van der Waals surface area (Å²) in [5.41, 5.74) is 2.26. The van der Waals surface area contributed by atoms with Crippen LogP contribution in [0.2, 0.25) is 0 Å². The number of benzene rings is 1. The summed E-state index contributed by atoms with van der Waals surface area (Å²) in [6, 6.07) is 4.14. The Morgan fingerprint density at radius 3 is 3.10 bits per heavy atom. The molecule has 5 rings (SSSR count). The van der Waals surface area contributed by atoms with Crippen LogP contribution in [0.25, 0.3) is 0 Å². The molecule has 3 unspecified atom stereocenters. The van der Waals surface area contributed by atoms with Gasteiger partial charge in [0.1, 0.15) is 12.2 Å². The molecule has 0 saturated carbocycles. The van der Waals surface area contributed by atoms with Gasteiger partial charge in [0.05, 0.1) is 0 Å². The third-order valence-electron chi connectivity index (χ3n) is 5.68. The number of hydrogen-bond donors (Lipinski definition) is 3. The van der Waals surface area contributed by atoms with Crippen molar-refractivity contribution in [2.24, 2.45) is 5.92 Å². The highest BCUT2D eigenvalue weighted by Gasteiger charge is 2.63. The zero-order valence-electron chi connectivity index (χ0n) is 11.0. The quantitative estimate of drug-likeness (QED) is 0.612. The predicted molar refractivity (Wildman–Crippen MR) is 72.9 cm³/mol. The van der Waals surface area contributed by atoms with Gasteiger partial charge in [-0.15, -0.1) is 0 Å². The SMILES string of the molecule is Oc1ccc2c3c1OC1C(O)C=CC4[C@@H](C2)NCC[C@]314. The lowest BCUT2D eigenvalue weighted by Crippen LogP contribution is -2.64. The van der Waals surface area contributed by atoms with E-state index in [2.05, 4.69) is 11.4 Å². The van der Waals surface area contributed by atoms with Crippen molar-refractivity contribution in [3.8, 4) is 11.5 Å². The fraction of sp³-hybridized carbons (Fsp3) is 0.500. The second kappa shape index (κ2) is 3.38. The van der Waals surface area contributed by atoms with Crippen molar-refractivity contribution in [2.75, 3.05) is 6.54 Å². The van der Waals surface area contributed by atoms with E-state index in [0.29, 0.717) is 17.7 Å². The maximum absolute atomic E-state index is 10.4. The maximum Gasteiger partial charge on any atom is 0.165 e. The number of aromatic hydroxyl groups is 1. The zero-order chi connectivity index (χ0) is 13.5. The Morgan fingerprint density at radius 2 is 2.20 bits per heavy atom. The smallest absolute Gasteiger partial charge is 0.165 e. The molecule has 4 heteroatoms. The Hall–Kier alpha value is -1.52. The Balaban J connectivity index is 1.86. The van der Waals surface area contributed by atoms with Gasteiger partial charge in [0, 0.05) is 22.9 Å². The lowest BCUT2D eigenvalue weighted by molar-refractivity contribution is -0.0177. The van der Waals surface area contributed by atoms with Crippen LogP contribution in [0.3, 0.4) is 0 Å². The van der Waals surface area contributed by atoms with Crippen molar-refractivity contribution < 1.29 is 14.9 Å². The molecule has 1 aromatic carbocycles. The fourth-order valence-corrected chi connectivity index (χ4v) is 4.98. The van der Waals surface area contributed by atoms with Crippen molar-refractivity contribution in [3.05, 3.63) is 35.4 Å². The van der Waals surface area contributed by atoms with Gasteiger partial charge in [-0.25, -0.2) is 0 Å². The van der Waals surface area contributed by atoms with Gasteiger partial charge < -0.3 is 20.3 Å². The average Bonchev–Trinajstić information content (AvgIpc) is 2.78. The Kier molecular flexibility index (Phi) is 1.89. The van der Waals surface area contributed by atoms with Gasteiger partial charge in [-0.2, -0.15) is 0 Å². The summed E-state index contributed by atoms with van der Waals surface area (Å²) in [7, 11) is 0. The maximum atomic E-state index is 10.4. The highest BCUT2D eigenvalue weighted by molar-refractivity contribution is 5.61. The third-order valence-corrected chi connectivity index (χ3v) is 5.68. The van der Waals surface area contributed by atoms with Crippen LogP contribution in [0.15, 0.2) is 24.3 Å². The molecule has 2 heterocycles. The topological polar surface area (TPSA) is 61.7 Å². The molecule has 1 saturated heterocycles. The van der Waals surface area contributed by atoms with Crippen LogP contribution in [-0.2, 0) is 11.8 Å². The number of phenolic OH excluding ortho intramolecular Hbond substituents is 1. The first kappa shape index (κ1) is 11.2. The van der Waals surface area contributed by atoms with E-state index in [4.69, 9.17) is 4.74 Å². The number of piperidine rings is 1. The number of nitrogens with one attached hydrogen (secondary N) is 1. The summed E-state index contributed by atoms with van der Waals surface area (Å²) in [6.07, 6.45) is 5.08. The van der Waals surface area contributed by atoms with E-state index in [0.717, 1.165) is 24.9 Å². The predicted octanol–water partition coefficient (Wildman–Crippen LogP) is 0.856. The first-order valence-electron chi connectivity index (χ1n) is 7.33.